The molecular weight excluding hydrogens is 198 g/mol. The Kier molecular flexibility index (Phi) is 4.69. The summed E-state index contributed by atoms with van der Waals surface area (Å²) in [5.74, 6) is -1.27. The maximum absolute atomic E-state index is 10.0. The molecule has 1 saturated heterocycles. The van der Waals surface area contributed by atoms with Gasteiger partial charge in [-0.1, -0.05) is 6.42 Å². The zero-order chi connectivity index (χ0) is 11.1. The van der Waals surface area contributed by atoms with Crippen LogP contribution in [0, 0.1) is 11.3 Å². The number of nitriles is 1. The average Bonchev–Trinajstić information content (AvgIpc) is 2.61. The summed E-state index contributed by atoms with van der Waals surface area (Å²) in [5, 5.41) is 8.67. The van der Waals surface area contributed by atoms with Crippen molar-refractivity contribution in [1.29, 1.82) is 5.26 Å². The fourth-order valence-electron chi connectivity index (χ4n) is 1.30. The van der Waals surface area contributed by atoms with E-state index in [1.807, 2.05) is 6.07 Å². The van der Waals surface area contributed by atoms with Crippen LogP contribution in [-0.4, -0.2) is 18.4 Å². The number of hydrogen-bond donors (Lipinski definition) is 0. The van der Waals surface area contributed by atoms with Crippen LogP contribution in [-0.2, 0) is 19.3 Å². The molecular formula is C10H15NO4. The minimum Gasteiger partial charge on any atom is -0.303 e. The van der Waals surface area contributed by atoms with Crippen LogP contribution in [0.2, 0.25) is 0 Å². The first-order valence-corrected chi connectivity index (χ1v) is 5.07. The Morgan fingerprint density at radius 3 is 2.87 bits per heavy atom. The summed E-state index contributed by atoms with van der Waals surface area (Å²) >= 11 is 0. The predicted octanol–water partition coefficient (Wildman–Crippen LogP) is 1.68. The minimum atomic E-state index is -1.27. The summed E-state index contributed by atoms with van der Waals surface area (Å²) in [6, 6.07) is 1.87. The van der Waals surface area contributed by atoms with Crippen LogP contribution in [0.25, 0.3) is 0 Å². The molecule has 1 fully saturated rings. The maximum atomic E-state index is 10.0. The van der Waals surface area contributed by atoms with Gasteiger partial charge in [0.1, 0.15) is 12.4 Å². The van der Waals surface area contributed by atoms with E-state index in [2.05, 4.69) is 0 Å². The number of unbranched alkanes of at least 4 members (excludes halogenated alkanes) is 3. The highest BCUT2D eigenvalue weighted by Gasteiger charge is 2.39. The highest BCUT2D eigenvalue weighted by atomic mass is 17.3. The third-order valence-corrected chi connectivity index (χ3v) is 2.14. The summed E-state index contributed by atoms with van der Waals surface area (Å²) in [6.45, 7) is 1.51. The molecule has 84 valence electrons. The molecule has 0 aromatic carbocycles. The molecule has 5 heteroatoms. The Labute approximate surface area is 88.8 Å². The first-order chi connectivity index (χ1) is 7.20. The van der Waals surface area contributed by atoms with Crippen molar-refractivity contribution < 1.29 is 19.3 Å². The van der Waals surface area contributed by atoms with E-state index in [0.717, 1.165) is 25.5 Å². The number of rotatable bonds is 6. The van der Waals surface area contributed by atoms with Gasteiger partial charge in [0.25, 0.3) is 5.79 Å². The molecule has 0 aliphatic carbocycles. The minimum absolute atomic E-state index is 0.467. The van der Waals surface area contributed by atoms with E-state index in [-0.39, 0.29) is 0 Å². The summed E-state index contributed by atoms with van der Waals surface area (Å²) < 4.78 is 5.23. The normalized spacial score (nSPS) is 30.0. The van der Waals surface area contributed by atoms with Gasteiger partial charge in [-0.15, -0.1) is 0 Å². The zero-order valence-electron chi connectivity index (χ0n) is 8.77. The molecule has 0 saturated carbocycles. The Hall–Kier alpha value is -0.960. The van der Waals surface area contributed by atoms with E-state index in [0.29, 0.717) is 12.8 Å². The Morgan fingerprint density at radius 2 is 2.27 bits per heavy atom. The van der Waals surface area contributed by atoms with Gasteiger partial charge in [-0.25, -0.2) is 4.89 Å². The molecule has 2 unspecified atom stereocenters. The van der Waals surface area contributed by atoms with Crippen LogP contribution in [0.1, 0.15) is 39.0 Å². The molecule has 0 spiro atoms. The maximum Gasteiger partial charge on any atom is 0.288 e. The third-order valence-electron chi connectivity index (χ3n) is 2.14. The van der Waals surface area contributed by atoms with Gasteiger partial charge in [-0.3, -0.25) is 0 Å². The molecule has 1 aliphatic heterocycles. The molecule has 0 bridgehead atoms. The molecule has 0 aromatic rings. The lowest BCUT2D eigenvalue weighted by Crippen LogP contribution is -2.23. The lowest BCUT2D eigenvalue weighted by molar-refractivity contribution is -0.311. The Morgan fingerprint density at radius 1 is 1.47 bits per heavy atom. The van der Waals surface area contributed by atoms with Crippen molar-refractivity contribution in [2.75, 3.05) is 0 Å². The highest BCUT2D eigenvalue weighted by molar-refractivity contribution is 5.48. The van der Waals surface area contributed by atoms with Gasteiger partial charge in [-0.2, -0.15) is 10.1 Å². The molecule has 5 nitrogen and oxygen atoms in total. The molecule has 1 rings (SSSR count). The van der Waals surface area contributed by atoms with Crippen molar-refractivity contribution in [2.45, 2.75) is 51.1 Å². The van der Waals surface area contributed by atoms with Crippen molar-refractivity contribution in [2.24, 2.45) is 0 Å². The smallest absolute Gasteiger partial charge is 0.288 e. The number of carbonyl (C=O) groups excluding carboxylic acids is 1. The van der Waals surface area contributed by atoms with Gasteiger partial charge in [0.15, 0.2) is 6.29 Å². The molecule has 0 aromatic heterocycles. The molecule has 1 heterocycles. The average molecular weight is 213 g/mol. The van der Waals surface area contributed by atoms with E-state index in [1.54, 1.807) is 0 Å². The number of nitrogens with zero attached hydrogens (tertiary/aromatic N) is 1. The van der Waals surface area contributed by atoms with Crippen molar-refractivity contribution in [1.82, 2.24) is 0 Å². The van der Waals surface area contributed by atoms with Crippen LogP contribution in [0.5, 0.6) is 0 Å². The molecule has 0 amide bonds. The lowest BCUT2D eigenvalue weighted by atomic mass is 10.1. The first kappa shape index (κ1) is 12.1. The van der Waals surface area contributed by atoms with Gasteiger partial charge in [0.2, 0.25) is 0 Å². The standard InChI is InChI=1S/C10H15NO4/c1-10(8-11)13-9(14-15-10)6-4-2-3-5-7-12/h7,9H,2-6H2,1H3. The molecule has 1 aliphatic rings. The largest absolute Gasteiger partial charge is 0.303 e. The van der Waals surface area contributed by atoms with E-state index in [4.69, 9.17) is 19.8 Å². The second-order valence-corrected chi connectivity index (χ2v) is 3.59. The van der Waals surface area contributed by atoms with Gasteiger partial charge in [0, 0.05) is 19.8 Å². The topological polar surface area (TPSA) is 68.5 Å². The SMILES string of the molecule is CC1(C#N)OOC(CCCCCC=O)O1. The summed E-state index contributed by atoms with van der Waals surface area (Å²) in [5.41, 5.74) is 0. The fourth-order valence-corrected chi connectivity index (χ4v) is 1.30. The second kappa shape index (κ2) is 5.81. The molecule has 15 heavy (non-hydrogen) atoms. The fraction of sp³-hybridized carbons (Fsp3) is 0.800. The van der Waals surface area contributed by atoms with Crippen LogP contribution >= 0.6 is 0 Å². The second-order valence-electron chi connectivity index (χ2n) is 3.59. The van der Waals surface area contributed by atoms with Gasteiger partial charge >= 0.3 is 0 Å². The van der Waals surface area contributed by atoms with E-state index in [9.17, 15) is 4.79 Å². The number of carbonyl (C=O) groups is 1. The molecule has 2 atom stereocenters. The van der Waals surface area contributed by atoms with Crippen LogP contribution < -0.4 is 0 Å². The number of hydrogen-bond acceptors (Lipinski definition) is 5. The van der Waals surface area contributed by atoms with Crippen molar-refractivity contribution in [3.8, 4) is 6.07 Å². The van der Waals surface area contributed by atoms with Crippen molar-refractivity contribution in [3.05, 3.63) is 0 Å². The first-order valence-electron chi connectivity index (χ1n) is 5.07. The van der Waals surface area contributed by atoms with Gasteiger partial charge in [0.05, 0.1) is 0 Å². The summed E-state index contributed by atoms with van der Waals surface area (Å²) in [7, 11) is 0. The predicted molar refractivity (Wildman–Crippen MR) is 50.2 cm³/mol. The van der Waals surface area contributed by atoms with Crippen molar-refractivity contribution >= 4 is 6.29 Å². The van der Waals surface area contributed by atoms with Crippen LogP contribution in [0.4, 0.5) is 0 Å². The monoisotopic (exact) mass is 213 g/mol. The lowest BCUT2D eigenvalue weighted by Gasteiger charge is -2.09. The van der Waals surface area contributed by atoms with E-state index in [1.165, 1.54) is 6.92 Å². The van der Waals surface area contributed by atoms with Gasteiger partial charge < -0.3 is 9.53 Å². The highest BCUT2D eigenvalue weighted by Crippen LogP contribution is 2.26. The van der Waals surface area contributed by atoms with Crippen LogP contribution in [0.15, 0.2) is 0 Å². The number of aldehydes is 1. The van der Waals surface area contributed by atoms with E-state index < -0.39 is 12.1 Å². The van der Waals surface area contributed by atoms with Crippen molar-refractivity contribution in [3.63, 3.8) is 0 Å². The summed E-state index contributed by atoms with van der Waals surface area (Å²) in [4.78, 5) is 19.6. The quantitative estimate of drug-likeness (QED) is 0.381. The summed E-state index contributed by atoms with van der Waals surface area (Å²) in [6.07, 6.45) is 4.44. The molecule has 0 radical (unpaired) electrons. The van der Waals surface area contributed by atoms with Crippen LogP contribution in [0.3, 0.4) is 0 Å². The Bertz CT molecular complexity index is 250. The van der Waals surface area contributed by atoms with E-state index >= 15 is 0 Å². The third kappa shape index (κ3) is 3.96. The zero-order valence-corrected chi connectivity index (χ0v) is 8.77. The Balaban J connectivity index is 2.09. The molecule has 0 N–H and O–H groups in total. The van der Waals surface area contributed by atoms with Gasteiger partial charge in [-0.05, 0) is 12.8 Å². The number of ether oxygens (including phenoxy) is 1.